The molecule has 2 aromatic rings. The lowest BCUT2D eigenvalue weighted by molar-refractivity contribution is -0.141. The van der Waals surface area contributed by atoms with Crippen molar-refractivity contribution in [2.24, 2.45) is 0 Å². The summed E-state index contributed by atoms with van der Waals surface area (Å²) in [6.07, 6.45) is 1.31. The van der Waals surface area contributed by atoms with Crippen molar-refractivity contribution in [1.82, 2.24) is 4.57 Å². The fourth-order valence-corrected chi connectivity index (χ4v) is 2.78. The Hall–Kier alpha value is -2.89. The Labute approximate surface area is 159 Å². The van der Waals surface area contributed by atoms with Gasteiger partial charge in [-0.2, -0.15) is 5.26 Å². The summed E-state index contributed by atoms with van der Waals surface area (Å²) in [7, 11) is 2.75. The molecule has 0 radical (unpaired) electrons. The molecule has 1 N–H and O–H groups in total. The minimum atomic E-state index is -1.20. The number of carboxylic acids is 1. The van der Waals surface area contributed by atoms with Crippen LogP contribution in [0.15, 0.2) is 29.2 Å². The van der Waals surface area contributed by atoms with Gasteiger partial charge in [-0.15, -0.1) is 0 Å². The van der Waals surface area contributed by atoms with E-state index in [-0.39, 0.29) is 40.5 Å². The van der Waals surface area contributed by atoms with Crippen molar-refractivity contribution < 1.29 is 23.8 Å². The number of hydrogen-bond donors (Lipinski definition) is 1. The summed E-state index contributed by atoms with van der Waals surface area (Å²) in [5.41, 5.74) is -0.262. The normalized spacial score (nSPS) is 11.7. The summed E-state index contributed by atoms with van der Waals surface area (Å²) in [6.45, 7) is 0.139. The van der Waals surface area contributed by atoms with Gasteiger partial charge in [0.25, 0.3) is 5.56 Å². The first-order valence-electron chi connectivity index (χ1n) is 7.75. The van der Waals surface area contributed by atoms with E-state index in [0.29, 0.717) is 0 Å². The average molecular weight is 395 g/mol. The number of aromatic nitrogens is 1. The van der Waals surface area contributed by atoms with Gasteiger partial charge in [0.2, 0.25) is 0 Å². The largest absolute Gasteiger partial charge is 0.495 e. The van der Waals surface area contributed by atoms with Gasteiger partial charge < -0.3 is 14.6 Å². The molecule has 1 unspecified atom stereocenters. The maximum Gasteiger partial charge on any atom is 0.326 e. The van der Waals surface area contributed by atoms with Crippen LogP contribution in [0.5, 0.6) is 5.75 Å². The lowest BCUT2D eigenvalue weighted by Gasteiger charge is -2.18. The zero-order valence-electron chi connectivity index (χ0n) is 14.5. The molecule has 9 heteroatoms. The average Bonchev–Trinajstić information content (AvgIpc) is 2.64. The first-order chi connectivity index (χ1) is 12.8. The van der Waals surface area contributed by atoms with Gasteiger partial charge in [-0.1, -0.05) is 11.6 Å². The number of nitrogens with zero attached hydrogens (tertiary/aromatic N) is 2. The van der Waals surface area contributed by atoms with Crippen LogP contribution in [0, 0.1) is 17.1 Å². The molecule has 0 spiro atoms. The first kappa shape index (κ1) is 20.4. The molecule has 1 heterocycles. The van der Waals surface area contributed by atoms with E-state index in [0.717, 1.165) is 16.7 Å². The molecular formula is C18H16ClFN2O5. The maximum absolute atomic E-state index is 13.6. The topological polar surface area (TPSA) is 102 Å². The molecule has 2 rings (SSSR count). The standard InChI is InChI=1S/C18H16ClFN2O5/c1-26-4-3-15(18(24)25)22-9-16(27-2)12(7-17(22)23)11-6-13(19)14(20)5-10(11)8-21/h5-7,9,15H,3-4H2,1-2H3,(H,24,25). The van der Waals surface area contributed by atoms with Crippen molar-refractivity contribution in [3.8, 4) is 22.9 Å². The summed E-state index contributed by atoms with van der Waals surface area (Å²) in [5, 5.41) is 18.5. The fourth-order valence-electron chi connectivity index (χ4n) is 2.62. The predicted molar refractivity (Wildman–Crippen MR) is 95.5 cm³/mol. The van der Waals surface area contributed by atoms with E-state index in [1.807, 2.05) is 6.07 Å². The van der Waals surface area contributed by atoms with Gasteiger partial charge >= 0.3 is 5.97 Å². The van der Waals surface area contributed by atoms with Gasteiger partial charge in [0.1, 0.15) is 17.6 Å². The number of nitriles is 1. The number of carboxylic acid groups (broad SMARTS) is 1. The molecular weight excluding hydrogens is 379 g/mol. The summed E-state index contributed by atoms with van der Waals surface area (Å²) >= 11 is 5.81. The van der Waals surface area contributed by atoms with Crippen molar-refractivity contribution in [2.75, 3.05) is 20.8 Å². The fraction of sp³-hybridized carbons (Fsp3) is 0.278. The number of ether oxygens (including phenoxy) is 2. The van der Waals surface area contributed by atoms with E-state index >= 15 is 0 Å². The highest BCUT2D eigenvalue weighted by atomic mass is 35.5. The van der Waals surface area contributed by atoms with E-state index in [1.54, 1.807) is 0 Å². The Kier molecular flexibility index (Phi) is 6.55. The van der Waals surface area contributed by atoms with Gasteiger partial charge in [-0.05, 0) is 12.1 Å². The summed E-state index contributed by atoms with van der Waals surface area (Å²) < 4.78 is 24.8. The maximum atomic E-state index is 13.6. The lowest BCUT2D eigenvalue weighted by atomic mass is 10.00. The number of aliphatic carboxylic acids is 1. The van der Waals surface area contributed by atoms with Crippen LogP contribution >= 0.6 is 11.6 Å². The minimum absolute atomic E-state index is 0.0403. The highest BCUT2D eigenvalue weighted by molar-refractivity contribution is 6.31. The highest BCUT2D eigenvalue weighted by Gasteiger charge is 2.23. The van der Waals surface area contributed by atoms with Crippen LogP contribution in [0.1, 0.15) is 18.0 Å². The molecule has 1 aromatic carbocycles. The van der Waals surface area contributed by atoms with Crippen molar-refractivity contribution in [3.05, 3.63) is 51.2 Å². The third-order valence-corrected chi connectivity index (χ3v) is 4.24. The van der Waals surface area contributed by atoms with E-state index in [4.69, 9.17) is 21.1 Å². The summed E-state index contributed by atoms with van der Waals surface area (Å²) in [5.74, 6) is -1.83. The quantitative estimate of drug-likeness (QED) is 0.774. The molecule has 1 aromatic heterocycles. The number of benzene rings is 1. The van der Waals surface area contributed by atoms with Crippen molar-refractivity contribution in [2.45, 2.75) is 12.5 Å². The molecule has 1 atom stereocenters. The van der Waals surface area contributed by atoms with Gasteiger partial charge in [0.05, 0.1) is 30.0 Å². The highest BCUT2D eigenvalue weighted by Crippen LogP contribution is 2.34. The Morgan fingerprint density at radius 1 is 1.37 bits per heavy atom. The van der Waals surface area contributed by atoms with Crippen molar-refractivity contribution >= 4 is 17.6 Å². The minimum Gasteiger partial charge on any atom is -0.495 e. The van der Waals surface area contributed by atoms with Crippen molar-refractivity contribution in [3.63, 3.8) is 0 Å². The van der Waals surface area contributed by atoms with E-state index in [2.05, 4.69) is 0 Å². The van der Waals surface area contributed by atoms with Crippen LogP contribution in [-0.4, -0.2) is 36.5 Å². The molecule has 0 aliphatic heterocycles. The third kappa shape index (κ3) is 4.27. The van der Waals surface area contributed by atoms with Crippen LogP contribution in [0.25, 0.3) is 11.1 Å². The van der Waals surface area contributed by atoms with E-state index in [9.17, 15) is 24.3 Å². The SMILES string of the molecule is COCCC(C(=O)O)n1cc(OC)c(-c2cc(Cl)c(F)cc2C#N)cc1=O. The molecule has 0 aliphatic carbocycles. The second-order valence-corrected chi connectivity index (χ2v) is 5.97. The number of carbonyl (C=O) groups is 1. The zero-order chi connectivity index (χ0) is 20.1. The Balaban J connectivity index is 2.68. The summed E-state index contributed by atoms with van der Waals surface area (Å²) in [6, 6.07) is 3.99. The second-order valence-electron chi connectivity index (χ2n) is 5.56. The van der Waals surface area contributed by atoms with Gasteiger partial charge in [-0.3, -0.25) is 9.36 Å². The molecule has 142 valence electrons. The number of hydrogen-bond acceptors (Lipinski definition) is 5. The van der Waals surface area contributed by atoms with Crippen LogP contribution in [-0.2, 0) is 9.53 Å². The van der Waals surface area contributed by atoms with E-state index < -0.39 is 23.4 Å². The predicted octanol–water partition coefficient (Wildman–Crippen LogP) is 2.85. The van der Waals surface area contributed by atoms with Crippen LogP contribution in [0.3, 0.4) is 0 Å². The van der Waals surface area contributed by atoms with Crippen LogP contribution in [0.2, 0.25) is 5.02 Å². The molecule has 0 amide bonds. The van der Waals surface area contributed by atoms with Gasteiger partial charge in [0, 0.05) is 37.3 Å². The van der Waals surface area contributed by atoms with Crippen LogP contribution < -0.4 is 10.3 Å². The second kappa shape index (κ2) is 8.66. The molecule has 0 fully saturated rings. The molecule has 7 nitrogen and oxygen atoms in total. The Morgan fingerprint density at radius 2 is 2.07 bits per heavy atom. The first-order valence-corrected chi connectivity index (χ1v) is 8.13. The van der Waals surface area contributed by atoms with Gasteiger partial charge in [0.15, 0.2) is 0 Å². The third-order valence-electron chi connectivity index (χ3n) is 3.95. The zero-order valence-corrected chi connectivity index (χ0v) is 15.3. The monoisotopic (exact) mass is 394 g/mol. The number of methoxy groups -OCH3 is 2. The molecule has 0 saturated heterocycles. The number of pyridine rings is 1. The Bertz CT molecular complexity index is 967. The van der Waals surface area contributed by atoms with Gasteiger partial charge in [-0.25, -0.2) is 9.18 Å². The van der Waals surface area contributed by atoms with Crippen molar-refractivity contribution in [1.29, 1.82) is 5.26 Å². The Morgan fingerprint density at radius 3 is 2.63 bits per heavy atom. The molecule has 27 heavy (non-hydrogen) atoms. The number of halogens is 2. The van der Waals surface area contributed by atoms with Crippen LogP contribution in [0.4, 0.5) is 4.39 Å². The lowest BCUT2D eigenvalue weighted by Crippen LogP contribution is -2.30. The molecule has 0 saturated carbocycles. The van der Waals surface area contributed by atoms with E-state index in [1.165, 1.54) is 26.5 Å². The number of rotatable bonds is 7. The molecule has 0 bridgehead atoms. The molecule has 0 aliphatic rings. The smallest absolute Gasteiger partial charge is 0.326 e. The summed E-state index contributed by atoms with van der Waals surface area (Å²) in [4.78, 5) is 24.1.